The van der Waals surface area contributed by atoms with Crippen molar-refractivity contribution in [2.75, 3.05) is 17.2 Å². The van der Waals surface area contributed by atoms with Gasteiger partial charge in [-0.05, 0) is 58.9 Å². The predicted octanol–water partition coefficient (Wildman–Crippen LogP) is 6.11. The summed E-state index contributed by atoms with van der Waals surface area (Å²) in [7, 11) is -4.78. The number of nitrogens with one attached hydrogen (secondary N) is 4. The highest BCUT2D eigenvalue weighted by molar-refractivity contribution is 7.90. The molecular weight excluding hydrogens is 862 g/mol. The summed E-state index contributed by atoms with van der Waals surface area (Å²) in [6.45, 7) is 7.87. The van der Waals surface area contributed by atoms with Gasteiger partial charge in [-0.3, -0.25) is 38.8 Å². The van der Waals surface area contributed by atoms with E-state index in [4.69, 9.17) is 11.6 Å². The Bertz CT molecular complexity index is 2560. The number of anilines is 2. The van der Waals surface area contributed by atoms with Crippen LogP contribution in [0.5, 0.6) is 0 Å². The van der Waals surface area contributed by atoms with E-state index in [-0.39, 0.29) is 36.7 Å². The molecule has 1 aliphatic heterocycles. The normalized spacial score (nSPS) is 14.8. The monoisotopic (exact) mass is 903 g/mol. The fraction of sp³-hybridized carbons (Fsp3) is 0.341. The van der Waals surface area contributed by atoms with Crippen molar-refractivity contribution in [3.05, 3.63) is 117 Å². The molecule has 0 aliphatic carbocycles. The maximum Gasteiger partial charge on any atom is 0.416 e. The van der Waals surface area contributed by atoms with Crippen molar-refractivity contribution >= 4 is 62.8 Å². The Labute approximate surface area is 358 Å². The number of piperidine rings is 1. The third-order valence-electron chi connectivity index (χ3n) is 9.77. The molecule has 0 spiro atoms. The summed E-state index contributed by atoms with van der Waals surface area (Å²) in [5, 5.41) is 7.01. The molecule has 15 nitrogen and oxygen atoms in total. The van der Waals surface area contributed by atoms with E-state index in [1.165, 1.54) is 0 Å². The molecule has 6 amide bonds. The molecule has 4 N–H and O–H groups in total. The Morgan fingerprint density at radius 1 is 0.903 bits per heavy atom. The highest BCUT2D eigenvalue weighted by Gasteiger charge is 2.40. The topological polar surface area (TPSA) is 206 Å². The number of sulfonamides is 1. The van der Waals surface area contributed by atoms with E-state index in [2.05, 4.69) is 20.9 Å². The van der Waals surface area contributed by atoms with Gasteiger partial charge in [-0.2, -0.15) is 13.2 Å². The van der Waals surface area contributed by atoms with Crippen molar-refractivity contribution in [2.24, 2.45) is 10.8 Å². The first-order valence-electron chi connectivity index (χ1n) is 18.8. The van der Waals surface area contributed by atoms with Crippen LogP contribution in [-0.4, -0.2) is 65.1 Å². The smallest absolute Gasteiger partial charge is 0.333 e. The van der Waals surface area contributed by atoms with Gasteiger partial charge in [0.05, 0.1) is 33.4 Å². The van der Waals surface area contributed by atoms with Crippen LogP contribution in [0.4, 0.5) is 33.9 Å². The quantitative estimate of drug-likeness (QED) is 0.0955. The minimum atomic E-state index is -4.78. The van der Waals surface area contributed by atoms with E-state index < -0.39 is 108 Å². The predicted molar refractivity (Wildman–Crippen MR) is 219 cm³/mol. The minimum Gasteiger partial charge on any atom is -0.333 e. The molecule has 0 unspecified atom stereocenters. The third-order valence-corrected chi connectivity index (χ3v) is 11.4. The highest BCUT2D eigenvalue weighted by Crippen LogP contribution is 2.33. The number of aromatic nitrogens is 2. The number of amides is 6. The summed E-state index contributed by atoms with van der Waals surface area (Å²) in [6, 6.07) is 11.4. The number of carbonyl (C=O) groups is 5. The average Bonchev–Trinajstić information content (AvgIpc) is 3.15. The molecule has 1 fully saturated rings. The number of imide groups is 1. The summed E-state index contributed by atoms with van der Waals surface area (Å²) in [5.74, 6) is -4.86. The van der Waals surface area contributed by atoms with Crippen LogP contribution in [0.3, 0.4) is 0 Å². The summed E-state index contributed by atoms with van der Waals surface area (Å²) >= 11 is 6.61. The number of halogens is 5. The molecule has 1 aromatic heterocycles. The second-order valence-electron chi connectivity index (χ2n) is 16.4. The Kier molecular flexibility index (Phi) is 13.7. The highest BCUT2D eigenvalue weighted by atomic mass is 35.5. The molecule has 4 aromatic rings. The molecule has 330 valence electrons. The number of hydrogen-bond donors (Lipinski definition) is 4. The van der Waals surface area contributed by atoms with Crippen LogP contribution in [0.1, 0.15) is 74.6 Å². The van der Waals surface area contributed by atoms with E-state index in [0.29, 0.717) is 35.9 Å². The standard InChI is InChI=1S/C41H42ClF4N7O8S/c1-39(2,3)30(21-53-32(55)19-40(4,5)20-33(53)56)48-38(59)50-35-37(58)52(29(34(42)49-35)17-23-9-7-6-8-10-23)22-31(54)47-28-18-25(43)13-16-27(28)36(57)51-62(60,61)26-14-11-24(12-15-26)41(44,45)46/h6-16,18,30H,17,19-22H2,1-5H3,(H,47,54)(H,51,57)(H2,48,49,50,59)/t30-/m1/s1. The lowest BCUT2D eigenvalue weighted by molar-refractivity contribution is -0.153. The first-order chi connectivity index (χ1) is 28.7. The molecule has 62 heavy (non-hydrogen) atoms. The fourth-order valence-electron chi connectivity index (χ4n) is 6.42. The van der Waals surface area contributed by atoms with Gasteiger partial charge in [0.2, 0.25) is 23.5 Å². The fourth-order valence-corrected chi connectivity index (χ4v) is 7.64. The van der Waals surface area contributed by atoms with Gasteiger partial charge in [0, 0.05) is 25.8 Å². The average molecular weight is 904 g/mol. The van der Waals surface area contributed by atoms with Crippen LogP contribution in [-0.2, 0) is 43.5 Å². The molecule has 3 aromatic carbocycles. The zero-order chi connectivity index (χ0) is 45.9. The van der Waals surface area contributed by atoms with Gasteiger partial charge in [-0.25, -0.2) is 27.3 Å². The lowest BCUT2D eigenvalue weighted by Gasteiger charge is -2.39. The van der Waals surface area contributed by atoms with E-state index >= 15 is 0 Å². The van der Waals surface area contributed by atoms with Crippen molar-refractivity contribution < 1.29 is 50.0 Å². The third kappa shape index (κ3) is 11.6. The second-order valence-corrected chi connectivity index (χ2v) is 18.4. The number of hydrogen-bond acceptors (Lipinski definition) is 9. The summed E-state index contributed by atoms with van der Waals surface area (Å²) in [4.78, 5) is 84.8. The van der Waals surface area contributed by atoms with Gasteiger partial charge in [-0.15, -0.1) is 0 Å². The van der Waals surface area contributed by atoms with Crippen molar-refractivity contribution in [2.45, 2.75) is 77.5 Å². The van der Waals surface area contributed by atoms with Gasteiger partial charge in [0.1, 0.15) is 12.4 Å². The number of carbonyl (C=O) groups excluding carboxylic acids is 5. The van der Waals surface area contributed by atoms with Crippen LogP contribution < -0.4 is 26.2 Å². The van der Waals surface area contributed by atoms with Crippen LogP contribution >= 0.6 is 11.6 Å². The Hall–Kier alpha value is -6.15. The Morgan fingerprint density at radius 3 is 2.10 bits per heavy atom. The zero-order valence-corrected chi connectivity index (χ0v) is 35.5. The van der Waals surface area contributed by atoms with Crippen LogP contribution in [0.15, 0.2) is 82.5 Å². The van der Waals surface area contributed by atoms with Gasteiger partial charge < -0.3 is 10.6 Å². The summed E-state index contributed by atoms with van der Waals surface area (Å²) < 4.78 is 82.0. The molecule has 1 aliphatic rings. The molecular formula is C41H42ClF4N7O8S. The lowest BCUT2D eigenvalue weighted by Crippen LogP contribution is -2.56. The number of likely N-dealkylation sites (tertiary alicyclic amines) is 1. The minimum absolute atomic E-state index is 0.00133. The molecule has 21 heteroatoms. The van der Waals surface area contributed by atoms with Gasteiger partial charge in [0.25, 0.3) is 21.5 Å². The van der Waals surface area contributed by atoms with E-state index in [9.17, 15) is 54.7 Å². The van der Waals surface area contributed by atoms with Crippen LogP contribution in [0, 0.1) is 16.6 Å². The first-order valence-corrected chi connectivity index (χ1v) is 20.7. The van der Waals surface area contributed by atoms with Crippen molar-refractivity contribution in [1.29, 1.82) is 0 Å². The lowest BCUT2D eigenvalue weighted by atomic mass is 9.80. The number of alkyl halides is 3. The SMILES string of the molecule is CC1(C)CC(=O)N(C[C@@H](NC(=O)Nc2nc(Cl)c(Cc3ccccc3)n(CC(=O)Nc3cc(F)ccc3C(=O)NS(=O)(=O)c3ccc(C(F)(F)F)cc3)c2=O)C(C)(C)C)C(=O)C1. The van der Waals surface area contributed by atoms with Crippen molar-refractivity contribution in [3.8, 4) is 0 Å². The molecule has 1 atom stereocenters. The van der Waals surface area contributed by atoms with Gasteiger partial charge in [0.15, 0.2) is 5.15 Å². The number of nitrogens with zero attached hydrogens (tertiary/aromatic N) is 3. The molecule has 1 saturated heterocycles. The molecule has 0 saturated carbocycles. The number of benzene rings is 3. The summed E-state index contributed by atoms with van der Waals surface area (Å²) in [5.41, 5.74) is -3.91. The van der Waals surface area contributed by atoms with Crippen LogP contribution in [0.25, 0.3) is 0 Å². The second kappa shape index (κ2) is 18.1. The van der Waals surface area contributed by atoms with Crippen molar-refractivity contribution in [3.63, 3.8) is 0 Å². The Balaban J connectivity index is 1.41. The van der Waals surface area contributed by atoms with Crippen LogP contribution in [0.2, 0.25) is 5.15 Å². The number of urea groups is 1. The maximum atomic E-state index is 14.5. The Morgan fingerprint density at radius 2 is 1.52 bits per heavy atom. The van der Waals surface area contributed by atoms with E-state index in [1.54, 1.807) is 69.7 Å². The molecule has 0 bridgehead atoms. The molecule has 0 radical (unpaired) electrons. The first kappa shape index (κ1) is 46.9. The van der Waals surface area contributed by atoms with Gasteiger partial charge in [-0.1, -0.05) is 76.6 Å². The number of rotatable bonds is 12. The van der Waals surface area contributed by atoms with Gasteiger partial charge >= 0.3 is 12.2 Å². The zero-order valence-electron chi connectivity index (χ0n) is 33.9. The maximum absolute atomic E-state index is 14.5. The largest absolute Gasteiger partial charge is 0.416 e. The summed E-state index contributed by atoms with van der Waals surface area (Å²) in [6.07, 6.45) is -4.58. The van der Waals surface area contributed by atoms with E-state index in [0.717, 1.165) is 21.6 Å². The molecule has 2 heterocycles. The molecule has 5 rings (SSSR count). The van der Waals surface area contributed by atoms with Crippen molar-refractivity contribution in [1.82, 2.24) is 24.5 Å². The van der Waals surface area contributed by atoms with E-state index in [1.807, 2.05) is 0 Å².